The van der Waals surface area contributed by atoms with E-state index < -0.39 is 5.97 Å². The van der Waals surface area contributed by atoms with Crippen molar-refractivity contribution in [2.75, 3.05) is 12.4 Å². The Morgan fingerprint density at radius 3 is 3.04 bits per heavy atom. The van der Waals surface area contributed by atoms with Crippen LogP contribution >= 0.6 is 23.5 Å². The van der Waals surface area contributed by atoms with Gasteiger partial charge in [0.25, 0.3) is 0 Å². The van der Waals surface area contributed by atoms with Gasteiger partial charge in [-0.15, -0.1) is 0 Å². The number of thioether (sulfide) groups is 2. The van der Waals surface area contributed by atoms with E-state index in [4.69, 9.17) is 4.74 Å². The highest BCUT2D eigenvalue weighted by atomic mass is 32.2. The average Bonchev–Trinajstić information content (AvgIpc) is 2.59. The lowest BCUT2D eigenvalue weighted by atomic mass is 10.1. The second-order valence-corrected chi connectivity index (χ2v) is 7.70. The first-order valence-electron chi connectivity index (χ1n) is 7.98. The fourth-order valence-corrected chi connectivity index (χ4v) is 4.64. The van der Waals surface area contributed by atoms with Gasteiger partial charge in [0.15, 0.2) is 0 Å². The smallest absolute Gasteiger partial charge is 0.337 e. The Balaban J connectivity index is 1.77. The Hall–Kier alpha value is -1.93. The maximum Gasteiger partial charge on any atom is 0.337 e. The summed E-state index contributed by atoms with van der Waals surface area (Å²) in [7, 11) is 0. The van der Waals surface area contributed by atoms with E-state index in [9.17, 15) is 9.59 Å². The summed E-state index contributed by atoms with van der Waals surface area (Å²) in [6, 6.07) is 7.35. The predicted octanol–water partition coefficient (Wildman–Crippen LogP) is 3.17. The zero-order valence-electron chi connectivity index (χ0n) is 14.0. The lowest BCUT2D eigenvalue weighted by Crippen LogP contribution is -2.49. The SMILES string of the molecule is CCOC(=O)C1=C(CSC2=Nc3ccccc3CS2)NC(=O)N[C@H]1C. The molecule has 2 heterocycles. The van der Waals surface area contributed by atoms with Crippen LogP contribution in [0.15, 0.2) is 40.5 Å². The monoisotopic (exact) mass is 377 g/mol. The molecule has 0 radical (unpaired) electrons. The van der Waals surface area contributed by atoms with Gasteiger partial charge in [-0.1, -0.05) is 41.7 Å². The number of fused-ring (bicyclic) bond motifs is 1. The summed E-state index contributed by atoms with van der Waals surface area (Å²) in [5.41, 5.74) is 3.25. The van der Waals surface area contributed by atoms with Crippen LogP contribution in [-0.2, 0) is 15.3 Å². The zero-order valence-corrected chi connectivity index (χ0v) is 15.6. The number of carbonyl (C=O) groups is 2. The van der Waals surface area contributed by atoms with Crippen LogP contribution in [0.4, 0.5) is 10.5 Å². The summed E-state index contributed by atoms with van der Waals surface area (Å²) in [6.07, 6.45) is 0. The second-order valence-electron chi connectivity index (χ2n) is 5.52. The number of nitrogens with one attached hydrogen (secondary N) is 2. The molecule has 2 aliphatic rings. The van der Waals surface area contributed by atoms with Gasteiger partial charge in [-0.25, -0.2) is 14.6 Å². The zero-order chi connectivity index (χ0) is 17.8. The first kappa shape index (κ1) is 17.9. The molecule has 1 aromatic carbocycles. The van der Waals surface area contributed by atoms with Crippen molar-refractivity contribution in [2.24, 2.45) is 4.99 Å². The average molecular weight is 377 g/mol. The molecule has 2 amide bonds. The maximum absolute atomic E-state index is 12.2. The van der Waals surface area contributed by atoms with Crippen LogP contribution in [0.2, 0.25) is 0 Å². The fraction of sp³-hybridized carbons (Fsp3) is 0.353. The molecule has 0 spiro atoms. The number of hydrogen-bond donors (Lipinski definition) is 2. The number of para-hydroxylation sites is 1. The molecule has 0 fully saturated rings. The van der Waals surface area contributed by atoms with Crippen molar-refractivity contribution in [1.82, 2.24) is 10.6 Å². The summed E-state index contributed by atoms with van der Waals surface area (Å²) >= 11 is 3.18. The van der Waals surface area contributed by atoms with Gasteiger partial charge in [0, 0.05) is 17.2 Å². The molecule has 0 aromatic heterocycles. The highest BCUT2D eigenvalue weighted by Gasteiger charge is 2.30. The quantitative estimate of drug-likeness (QED) is 0.788. The predicted molar refractivity (Wildman–Crippen MR) is 102 cm³/mol. The van der Waals surface area contributed by atoms with E-state index in [0.717, 1.165) is 15.8 Å². The first-order chi connectivity index (χ1) is 12.1. The molecule has 0 aliphatic carbocycles. The summed E-state index contributed by atoms with van der Waals surface area (Å²) in [5.74, 6) is 0.928. The number of urea groups is 1. The van der Waals surface area contributed by atoms with E-state index in [-0.39, 0.29) is 12.1 Å². The van der Waals surface area contributed by atoms with E-state index >= 15 is 0 Å². The van der Waals surface area contributed by atoms with Gasteiger partial charge in [-0.3, -0.25) is 0 Å². The minimum Gasteiger partial charge on any atom is -0.463 e. The molecule has 25 heavy (non-hydrogen) atoms. The van der Waals surface area contributed by atoms with Crippen molar-refractivity contribution in [3.8, 4) is 0 Å². The van der Waals surface area contributed by atoms with Gasteiger partial charge in [0.1, 0.15) is 4.38 Å². The van der Waals surface area contributed by atoms with Gasteiger partial charge in [-0.2, -0.15) is 0 Å². The van der Waals surface area contributed by atoms with E-state index in [2.05, 4.69) is 21.7 Å². The van der Waals surface area contributed by atoms with E-state index in [1.807, 2.05) is 18.2 Å². The molecule has 2 aliphatic heterocycles. The largest absolute Gasteiger partial charge is 0.463 e. The molecule has 6 nitrogen and oxygen atoms in total. The molecular weight excluding hydrogens is 358 g/mol. The number of aliphatic imine (C=N–C) groups is 1. The van der Waals surface area contributed by atoms with Crippen molar-refractivity contribution in [1.29, 1.82) is 0 Å². The molecule has 132 valence electrons. The third kappa shape index (κ3) is 4.19. The summed E-state index contributed by atoms with van der Waals surface area (Å²) in [6.45, 7) is 3.83. The molecule has 1 aromatic rings. The Morgan fingerprint density at radius 1 is 1.44 bits per heavy atom. The number of benzene rings is 1. The third-order valence-electron chi connectivity index (χ3n) is 3.76. The fourth-order valence-electron chi connectivity index (χ4n) is 2.61. The lowest BCUT2D eigenvalue weighted by molar-refractivity contribution is -0.138. The molecule has 1 atom stereocenters. The van der Waals surface area contributed by atoms with E-state index in [0.29, 0.717) is 23.6 Å². The summed E-state index contributed by atoms with van der Waals surface area (Å²) < 4.78 is 6.05. The van der Waals surface area contributed by atoms with Crippen LogP contribution in [0.5, 0.6) is 0 Å². The molecule has 0 unspecified atom stereocenters. The van der Waals surface area contributed by atoms with Crippen molar-refractivity contribution in [3.05, 3.63) is 41.1 Å². The molecular formula is C17H19N3O3S2. The standard InChI is InChI=1S/C17H19N3O3S2/c1-3-23-15(21)14-10(2)18-16(22)19-13(14)9-25-17-20-12-7-5-4-6-11(12)8-24-17/h4-7,10H,3,8-9H2,1-2H3,(H2,18,19,22)/t10-/m0/s1. The molecule has 3 rings (SSSR count). The summed E-state index contributed by atoms with van der Waals surface area (Å²) in [4.78, 5) is 28.6. The highest BCUT2D eigenvalue weighted by molar-refractivity contribution is 8.38. The number of esters is 1. The van der Waals surface area contributed by atoms with Gasteiger partial charge in [-0.05, 0) is 25.5 Å². The van der Waals surface area contributed by atoms with Crippen LogP contribution < -0.4 is 10.6 Å². The van der Waals surface area contributed by atoms with Gasteiger partial charge >= 0.3 is 12.0 Å². The Bertz CT molecular complexity index is 761. The number of rotatable bonds is 4. The lowest BCUT2D eigenvalue weighted by Gasteiger charge is -2.26. The van der Waals surface area contributed by atoms with Crippen molar-refractivity contribution < 1.29 is 14.3 Å². The topological polar surface area (TPSA) is 79.8 Å². The normalized spacial score (nSPS) is 19.5. The van der Waals surface area contributed by atoms with Crippen LogP contribution in [-0.4, -0.2) is 34.8 Å². The minimum atomic E-state index is -0.401. The molecule has 0 bridgehead atoms. The van der Waals surface area contributed by atoms with E-state index in [1.165, 1.54) is 17.3 Å². The molecule has 8 heteroatoms. The van der Waals surface area contributed by atoms with Crippen LogP contribution in [0.3, 0.4) is 0 Å². The third-order valence-corrected chi connectivity index (χ3v) is 6.03. The number of carbonyl (C=O) groups excluding carboxylic acids is 2. The van der Waals surface area contributed by atoms with Gasteiger partial charge in [0.2, 0.25) is 0 Å². The van der Waals surface area contributed by atoms with Crippen molar-refractivity contribution >= 4 is 45.6 Å². The second kappa shape index (κ2) is 7.97. The Labute approximate surface area is 154 Å². The summed E-state index contributed by atoms with van der Waals surface area (Å²) in [5, 5.41) is 5.43. The molecule has 0 saturated carbocycles. The highest BCUT2D eigenvalue weighted by Crippen LogP contribution is 2.35. The number of hydrogen-bond acceptors (Lipinski definition) is 6. The molecule has 0 saturated heterocycles. The number of ether oxygens (including phenoxy) is 1. The number of nitrogens with zero attached hydrogens (tertiary/aromatic N) is 1. The van der Waals surface area contributed by atoms with Crippen LogP contribution in [0, 0.1) is 0 Å². The van der Waals surface area contributed by atoms with Crippen molar-refractivity contribution in [2.45, 2.75) is 25.6 Å². The Kier molecular flexibility index (Phi) is 5.70. The first-order valence-corrected chi connectivity index (χ1v) is 9.95. The Morgan fingerprint density at radius 2 is 2.24 bits per heavy atom. The molecule has 2 N–H and O–H groups in total. The number of amides is 2. The minimum absolute atomic E-state index is 0.294. The van der Waals surface area contributed by atoms with E-state index in [1.54, 1.807) is 25.6 Å². The maximum atomic E-state index is 12.2. The van der Waals surface area contributed by atoms with Crippen LogP contribution in [0.1, 0.15) is 19.4 Å². The van der Waals surface area contributed by atoms with Gasteiger partial charge in [0.05, 0.1) is 23.9 Å². The van der Waals surface area contributed by atoms with Crippen LogP contribution in [0.25, 0.3) is 0 Å². The van der Waals surface area contributed by atoms with Gasteiger partial charge < -0.3 is 15.4 Å². The van der Waals surface area contributed by atoms with Crippen molar-refractivity contribution in [3.63, 3.8) is 0 Å².